The molecule has 100 valence electrons. The molecule has 0 aromatic carbocycles. The molecule has 2 aromatic heterocycles. The molecule has 2 aromatic rings. The average Bonchev–Trinajstić information content (AvgIpc) is 2.75. The van der Waals surface area contributed by atoms with E-state index >= 15 is 0 Å². The van der Waals surface area contributed by atoms with Gasteiger partial charge >= 0.3 is 5.97 Å². The van der Waals surface area contributed by atoms with Crippen molar-refractivity contribution in [2.45, 2.75) is 11.7 Å². The topological polar surface area (TPSA) is 90.0 Å². The summed E-state index contributed by atoms with van der Waals surface area (Å²) in [5.74, 6) is -1.09. The van der Waals surface area contributed by atoms with Gasteiger partial charge in [-0.15, -0.1) is 0 Å². The average molecular weight is 280 g/mol. The van der Waals surface area contributed by atoms with Crippen molar-refractivity contribution in [3.63, 3.8) is 0 Å². The largest absolute Gasteiger partial charge is 0.481 e. The number of aryl methyl sites for hydroxylation is 1. The maximum absolute atomic E-state index is 11.3. The molecule has 2 rings (SSSR count). The highest BCUT2D eigenvalue weighted by Gasteiger charge is 2.08. The van der Waals surface area contributed by atoms with Crippen molar-refractivity contribution in [2.24, 2.45) is 7.05 Å². The first-order valence-electron chi connectivity index (χ1n) is 5.45. The van der Waals surface area contributed by atoms with Gasteiger partial charge in [0.1, 0.15) is 0 Å². The molecule has 0 aliphatic heterocycles. The molecule has 8 heteroatoms. The van der Waals surface area contributed by atoms with Gasteiger partial charge in [-0.25, -0.2) is 0 Å². The Morgan fingerprint density at radius 2 is 2.26 bits per heavy atom. The van der Waals surface area contributed by atoms with Gasteiger partial charge in [0.2, 0.25) is 0 Å². The van der Waals surface area contributed by atoms with Gasteiger partial charge in [0.15, 0.2) is 5.16 Å². The van der Waals surface area contributed by atoms with E-state index in [-0.39, 0.29) is 11.3 Å². The molecule has 0 bridgehead atoms. The van der Waals surface area contributed by atoms with Gasteiger partial charge in [-0.05, 0) is 6.07 Å². The maximum Gasteiger partial charge on any atom is 0.313 e. The summed E-state index contributed by atoms with van der Waals surface area (Å²) in [5.41, 5.74) is 0.553. The lowest BCUT2D eigenvalue weighted by molar-refractivity contribution is -0.133. The number of rotatable bonds is 5. The predicted octanol–water partition coefficient (Wildman–Crippen LogP) is 0.202. The molecule has 0 atom stereocenters. The lowest BCUT2D eigenvalue weighted by Gasteiger charge is -2.10. The number of aromatic nitrogens is 4. The van der Waals surface area contributed by atoms with Gasteiger partial charge in [-0.3, -0.25) is 14.3 Å². The van der Waals surface area contributed by atoms with Crippen LogP contribution < -0.4 is 5.56 Å². The molecule has 1 N–H and O–H groups in total. The fourth-order valence-electron chi connectivity index (χ4n) is 1.51. The molecule has 0 saturated carbocycles. The second kappa shape index (κ2) is 5.70. The monoisotopic (exact) mass is 280 g/mol. The standard InChI is InChI=1S/C11H12N4O3S/c1-14-8(2-4-12-14)6-15-5-3-9(16)13-11(15)19-7-10(17)18/h2-5H,6-7H2,1H3,(H,17,18). The van der Waals surface area contributed by atoms with Crippen LogP contribution in [0.15, 0.2) is 34.5 Å². The summed E-state index contributed by atoms with van der Waals surface area (Å²) in [4.78, 5) is 25.7. The van der Waals surface area contributed by atoms with Gasteiger partial charge in [-0.1, -0.05) is 11.8 Å². The molecule has 0 spiro atoms. The van der Waals surface area contributed by atoms with Crippen molar-refractivity contribution < 1.29 is 9.90 Å². The highest BCUT2D eigenvalue weighted by atomic mass is 32.2. The zero-order valence-electron chi connectivity index (χ0n) is 10.2. The van der Waals surface area contributed by atoms with Gasteiger partial charge in [0.05, 0.1) is 18.0 Å². The van der Waals surface area contributed by atoms with Gasteiger partial charge in [-0.2, -0.15) is 10.1 Å². The summed E-state index contributed by atoms with van der Waals surface area (Å²) in [6.07, 6.45) is 3.28. The minimum atomic E-state index is -0.949. The summed E-state index contributed by atoms with van der Waals surface area (Å²) < 4.78 is 3.44. The summed E-state index contributed by atoms with van der Waals surface area (Å²) >= 11 is 1.02. The predicted molar refractivity (Wildman–Crippen MR) is 69.2 cm³/mol. The van der Waals surface area contributed by atoms with E-state index < -0.39 is 5.97 Å². The lowest BCUT2D eigenvalue weighted by Crippen LogP contribution is -2.16. The Hall–Kier alpha value is -2.09. The highest BCUT2D eigenvalue weighted by molar-refractivity contribution is 7.99. The first-order chi connectivity index (χ1) is 9.06. The molecular formula is C11H12N4O3S. The Morgan fingerprint density at radius 1 is 1.47 bits per heavy atom. The third-order valence-electron chi connectivity index (χ3n) is 2.43. The second-order valence-corrected chi connectivity index (χ2v) is 4.75. The van der Waals surface area contributed by atoms with Crippen molar-refractivity contribution in [1.82, 2.24) is 19.3 Å². The minimum Gasteiger partial charge on any atom is -0.481 e. The number of carbonyl (C=O) groups is 1. The fourth-order valence-corrected chi connectivity index (χ4v) is 2.20. The Kier molecular flexibility index (Phi) is 4.00. The molecule has 0 saturated heterocycles. The third-order valence-corrected chi connectivity index (χ3v) is 3.40. The van der Waals surface area contributed by atoms with E-state index in [1.807, 2.05) is 13.1 Å². The molecule has 2 heterocycles. The normalized spacial score (nSPS) is 10.6. The van der Waals surface area contributed by atoms with Crippen LogP contribution in [0.5, 0.6) is 0 Å². The zero-order chi connectivity index (χ0) is 13.8. The molecule has 19 heavy (non-hydrogen) atoms. The van der Waals surface area contributed by atoms with Crippen LogP contribution in [0.4, 0.5) is 0 Å². The molecule has 0 aliphatic rings. The van der Waals surface area contributed by atoms with Crippen LogP contribution in [-0.4, -0.2) is 36.2 Å². The minimum absolute atomic E-state index is 0.137. The third kappa shape index (κ3) is 3.44. The number of aliphatic carboxylic acids is 1. The summed E-state index contributed by atoms with van der Waals surface area (Å²) in [6, 6.07) is 3.20. The van der Waals surface area contributed by atoms with E-state index in [1.165, 1.54) is 6.07 Å². The fraction of sp³-hybridized carbons (Fsp3) is 0.273. The molecule has 0 aliphatic carbocycles. The molecule has 0 amide bonds. The second-order valence-electron chi connectivity index (χ2n) is 3.80. The van der Waals surface area contributed by atoms with Crippen LogP contribution in [0.25, 0.3) is 0 Å². The van der Waals surface area contributed by atoms with Crippen LogP contribution in [-0.2, 0) is 18.4 Å². The summed E-state index contributed by atoms with van der Waals surface area (Å²) in [7, 11) is 1.81. The summed E-state index contributed by atoms with van der Waals surface area (Å²) in [6.45, 7) is 0.478. The van der Waals surface area contributed by atoms with Crippen molar-refractivity contribution in [1.29, 1.82) is 0 Å². The SMILES string of the molecule is Cn1nccc1Cn1ccc(=O)nc1SCC(=O)O. The molecular weight excluding hydrogens is 268 g/mol. The first-order valence-corrected chi connectivity index (χ1v) is 6.44. The van der Waals surface area contributed by atoms with Crippen molar-refractivity contribution in [3.05, 3.63) is 40.6 Å². The summed E-state index contributed by atoms with van der Waals surface area (Å²) in [5, 5.41) is 13.1. The lowest BCUT2D eigenvalue weighted by atomic mass is 10.4. The number of hydrogen-bond acceptors (Lipinski definition) is 5. The number of nitrogens with zero attached hydrogens (tertiary/aromatic N) is 4. The van der Waals surface area contributed by atoms with Crippen molar-refractivity contribution >= 4 is 17.7 Å². The number of hydrogen-bond donors (Lipinski definition) is 1. The Bertz CT molecular complexity index is 649. The van der Waals surface area contributed by atoms with Crippen LogP contribution in [0, 0.1) is 0 Å². The number of thioether (sulfide) groups is 1. The van der Waals surface area contributed by atoms with E-state index in [4.69, 9.17) is 5.11 Å². The first kappa shape index (κ1) is 13.3. The van der Waals surface area contributed by atoms with E-state index in [0.717, 1.165) is 17.5 Å². The Labute approximate surface area is 112 Å². The number of carboxylic acids is 1. The van der Waals surface area contributed by atoms with Crippen LogP contribution in [0.3, 0.4) is 0 Å². The molecule has 0 radical (unpaired) electrons. The maximum atomic E-state index is 11.3. The van der Waals surface area contributed by atoms with Crippen LogP contribution in [0.2, 0.25) is 0 Å². The van der Waals surface area contributed by atoms with Crippen LogP contribution in [0.1, 0.15) is 5.69 Å². The highest BCUT2D eigenvalue weighted by Crippen LogP contribution is 2.14. The smallest absolute Gasteiger partial charge is 0.313 e. The quantitative estimate of drug-likeness (QED) is 0.621. The molecule has 7 nitrogen and oxygen atoms in total. The van der Waals surface area contributed by atoms with E-state index in [1.54, 1.807) is 21.6 Å². The van der Waals surface area contributed by atoms with Gasteiger partial charge < -0.3 is 9.67 Å². The number of carboxylic acid groups (broad SMARTS) is 1. The van der Waals surface area contributed by atoms with E-state index in [9.17, 15) is 9.59 Å². The zero-order valence-corrected chi connectivity index (χ0v) is 11.0. The van der Waals surface area contributed by atoms with Gasteiger partial charge in [0.25, 0.3) is 5.56 Å². The van der Waals surface area contributed by atoms with Crippen molar-refractivity contribution in [2.75, 3.05) is 5.75 Å². The molecule has 0 fully saturated rings. The molecule has 0 unspecified atom stereocenters. The Balaban J connectivity index is 2.26. The van der Waals surface area contributed by atoms with Crippen LogP contribution >= 0.6 is 11.8 Å². The van der Waals surface area contributed by atoms with Crippen molar-refractivity contribution in [3.8, 4) is 0 Å². The van der Waals surface area contributed by atoms with Gasteiger partial charge in [0, 0.05) is 25.5 Å². The van der Waals surface area contributed by atoms with E-state index in [2.05, 4.69) is 10.1 Å². The van der Waals surface area contributed by atoms with E-state index in [0.29, 0.717) is 11.7 Å². The Morgan fingerprint density at radius 3 is 2.89 bits per heavy atom.